The summed E-state index contributed by atoms with van der Waals surface area (Å²) in [5.74, 6) is 0. The van der Waals surface area contributed by atoms with Crippen LogP contribution in [-0.4, -0.2) is 17.0 Å². The highest BCUT2D eigenvalue weighted by Crippen LogP contribution is 2.24. The van der Waals surface area contributed by atoms with E-state index in [0.717, 1.165) is 31.2 Å². The molecule has 0 aromatic heterocycles. The molecule has 0 heterocycles. The van der Waals surface area contributed by atoms with Crippen LogP contribution in [0.25, 0.3) is 0 Å². The minimum Gasteiger partial charge on any atom is -0.530 e. The van der Waals surface area contributed by atoms with E-state index in [0.29, 0.717) is 0 Å². The van der Waals surface area contributed by atoms with Crippen LogP contribution in [-0.2, 0) is 0 Å². The Kier molecular flexibility index (Phi) is 6.85. The molecule has 0 bridgehead atoms. The summed E-state index contributed by atoms with van der Waals surface area (Å²) in [5, 5.41) is 11.5. The lowest BCUT2D eigenvalue weighted by Gasteiger charge is -2.37. The summed E-state index contributed by atoms with van der Waals surface area (Å²) >= 11 is 0. The molecule has 2 atom stereocenters. The second kappa shape index (κ2) is 8.41. The Morgan fingerprint density at radius 2 is 2.00 bits per heavy atom. The summed E-state index contributed by atoms with van der Waals surface area (Å²) in [6, 6.07) is 9.21. The van der Waals surface area contributed by atoms with Crippen LogP contribution < -0.4 is 5.11 Å². The van der Waals surface area contributed by atoms with Gasteiger partial charge < -0.3 is 14.8 Å². The third-order valence-electron chi connectivity index (χ3n) is 3.64. The molecule has 0 saturated carbocycles. The van der Waals surface area contributed by atoms with Gasteiger partial charge in [-0.2, -0.15) is 0 Å². The number of unbranched alkanes of at least 4 members (excludes halogenated alkanes) is 2. The van der Waals surface area contributed by atoms with Gasteiger partial charge in [-0.25, -0.2) is 0 Å². The molecule has 0 aliphatic heterocycles. The molecule has 1 aromatic rings. The molecule has 0 fully saturated rings. The summed E-state index contributed by atoms with van der Waals surface area (Å²) in [4.78, 5) is 12.9. The Bertz CT molecular complexity index is 416. The summed E-state index contributed by atoms with van der Waals surface area (Å²) < 4.78 is 0. The predicted molar refractivity (Wildman–Crippen MR) is 80.2 cm³/mol. The number of amides is 1. The van der Waals surface area contributed by atoms with Gasteiger partial charge in [0.15, 0.2) is 0 Å². The number of rotatable bonds is 8. The van der Waals surface area contributed by atoms with Crippen LogP contribution in [0, 0.1) is 0 Å². The van der Waals surface area contributed by atoms with E-state index in [4.69, 9.17) is 0 Å². The zero-order chi connectivity index (χ0) is 15.0. The van der Waals surface area contributed by atoms with Crippen molar-refractivity contribution in [1.29, 1.82) is 0 Å². The lowest BCUT2D eigenvalue weighted by molar-refractivity contribution is -0.270. The Morgan fingerprint density at radius 1 is 1.35 bits per heavy atom. The SMILES string of the molecule is C=CC(CCCCC)N(C(=O)[O-])C(C)c1ccccc1. The van der Waals surface area contributed by atoms with E-state index in [2.05, 4.69) is 13.5 Å². The van der Waals surface area contributed by atoms with E-state index >= 15 is 0 Å². The zero-order valence-electron chi connectivity index (χ0n) is 12.4. The number of carbonyl (C=O) groups excluding carboxylic acids is 1. The van der Waals surface area contributed by atoms with E-state index < -0.39 is 6.09 Å². The fourth-order valence-corrected chi connectivity index (χ4v) is 2.45. The predicted octanol–water partition coefficient (Wildman–Crippen LogP) is 3.53. The molecule has 1 amide bonds. The lowest BCUT2D eigenvalue weighted by Crippen LogP contribution is -2.48. The van der Waals surface area contributed by atoms with Crippen molar-refractivity contribution in [2.45, 2.75) is 51.6 Å². The van der Waals surface area contributed by atoms with E-state index in [1.165, 1.54) is 4.90 Å². The van der Waals surface area contributed by atoms with Crippen molar-refractivity contribution in [2.24, 2.45) is 0 Å². The quantitative estimate of drug-likeness (QED) is 0.537. The first-order valence-electron chi connectivity index (χ1n) is 7.28. The van der Waals surface area contributed by atoms with Crippen molar-refractivity contribution in [3.05, 3.63) is 48.6 Å². The van der Waals surface area contributed by atoms with Crippen LogP contribution in [0.3, 0.4) is 0 Å². The summed E-state index contributed by atoms with van der Waals surface area (Å²) in [6.45, 7) is 7.81. The zero-order valence-corrected chi connectivity index (χ0v) is 12.4. The van der Waals surface area contributed by atoms with Gasteiger partial charge in [0.1, 0.15) is 6.09 Å². The third-order valence-corrected chi connectivity index (χ3v) is 3.64. The summed E-state index contributed by atoms with van der Waals surface area (Å²) in [5.41, 5.74) is 0.971. The molecule has 2 unspecified atom stereocenters. The third kappa shape index (κ3) is 4.41. The van der Waals surface area contributed by atoms with Crippen molar-refractivity contribution < 1.29 is 9.90 Å². The number of hydrogen-bond donors (Lipinski definition) is 0. The topological polar surface area (TPSA) is 43.4 Å². The van der Waals surface area contributed by atoms with Crippen LogP contribution in [0.2, 0.25) is 0 Å². The Balaban J connectivity index is 2.86. The Hall–Kier alpha value is -1.77. The van der Waals surface area contributed by atoms with Crippen molar-refractivity contribution in [2.75, 3.05) is 0 Å². The number of carbonyl (C=O) groups is 1. The summed E-state index contributed by atoms with van der Waals surface area (Å²) in [6.07, 6.45) is 4.59. The van der Waals surface area contributed by atoms with Gasteiger partial charge >= 0.3 is 0 Å². The van der Waals surface area contributed by atoms with Crippen molar-refractivity contribution in [1.82, 2.24) is 4.90 Å². The molecule has 3 nitrogen and oxygen atoms in total. The van der Waals surface area contributed by atoms with Gasteiger partial charge in [0.2, 0.25) is 0 Å². The number of benzene rings is 1. The second-order valence-electron chi connectivity index (χ2n) is 5.06. The minimum atomic E-state index is -1.14. The van der Waals surface area contributed by atoms with Gasteiger partial charge in [-0.3, -0.25) is 0 Å². The monoisotopic (exact) mass is 274 g/mol. The van der Waals surface area contributed by atoms with Gasteiger partial charge in [0.05, 0.1) is 6.04 Å². The molecular formula is C17H24NO2-. The molecule has 0 aliphatic rings. The fourth-order valence-electron chi connectivity index (χ4n) is 2.45. The van der Waals surface area contributed by atoms with E-state index in [-0.39, 0.29) is 12.1 Å². The van der Waals surface area contributed by atoms with Crippen LogP contribution in [0.15, 0.2) is 43.0 Å². The first-order valence-corrected chi connectivity index (χ1v) is 7.28. The molecule has 0 saturated heterocycles. The fraction of sp³-hybridized carbons (Fsp3) is 0.471. The first kappa shape index (κ1) is 16.3. The van der Waals surface area contributed by atoms with Crippen LogP contribution in [0.5, 0.6) is 0 Å². The van der Waals surface area contributed by atoms with Crippen molar-refractivity contribution in [3.8, 4) is 0 Å². The average Bonchev–Trinajstić information content (AvgIpc) is 2.46. The molecule has 1 rings (SSSR count). The van der Waals surface area contributed by atoms with Gasteiger partial charge in [0, 0.05) is 6.04 Å². The van der Waals surface area contributed by atoms with Gasteiger partial charge in [-0.05, 0) is 18.9 Å². The maximum absolute atomic E-state index is 11.5. The van der Waals surface area contributed by atoms with E-state index in [1.807, 2.05) is 37.3 Å². The summed E-state index contributed by atoms with van der Waals surface area (Å²) in [7, 11) is 0. The minimum absolute atomic E-state index is 0.193. The highest BCUT2D eigenvalue weighted by atomic mass is 16.4. The Labute approximate surface area is 121 Å². The number of carboxylic acid groups (broad SMARTS) is 1. The van der Waals surface area contributed by atoms with Crippen molar-refractivity contribution >= 4 is 6.09 Å². The largest absolute Gasteiger partial charge is 0.530 e. The number of nitrogens with zero attached hydrogens (tertiary/aromatic N) is 1. The van der Waals surface area contributed by atoms with E-state index in [9.17, 15) is 9.90 Å². The first-order chi connectivity index (χ1) is 9.61. The van der Waals surface area contributed by atoms with Crippen LogP contribution >= 0.6 is 0 Å². The van der Waals surface area contributed by atoms with E-state index in [1.54, 1.807) is 6.08 Å². The second-order valence-corrected chi connectivity index (χ2v) is 5.06. The number of hydrogen-bond acceptors (Lipinski definition) is 2. The maximum Gasteiger partial charge on any atom is 0.137 e. The Morgan fingerprint density at radius 3 is 2.50 bits per heavy atom. The molecule has 0 aliphatic carbocycles. The molecule has 0 radical (unpaired) electrons. The molecule has 3 heteroatoms. The maximum atomic E-state index is 11.5. The molecule has 0 spiro atoms. The highest BCUT2D eigenvalue weighted by molar-refractivity contribution is 5.64. The standard InChI is InChI=1S/C17H25NO2/c1-4-6-8-13-16(5-2)18(17(19)20)14(3)15-11-9-7-10-12-15/h5,7,9-12,14,16H,2,4,6,8,13H2,1,3H3,(H,19,20)/p-1. The smallest absolute Gasteiger partial charge is 0.137 e. The molecular weight excluding hydrogens is 250 g/mol. The highest BCUT2D eigenvalue weighted by Gasteiger charge is 2.22. The van der Waals surface area contributed by atoms with Crippen LogP contribution in [0.4, 0.5) is 4.79 Å². The van der Waals surface area contributed by atoms with Crippen molar-refractivity contribution in [3.63, 3.8) is 0 Å². The molecule has 0 N–H and O–H groups in total. The molecule has 110 valence electrons. The molecule has 1 aromatic carbocycles. The van der Waals surface area contributed by atoms with Gasteiger partial charge in [-0.15, -0.1) is 6.58 Å². The normalized spacial score (nSPS) is 13.5. The average molecular weight is 274 g/mol. The molecule has 20 heavy (non-hydrogen) atoms. The van der Waals surface area contributed by atoms with Gasteiger partial charge in [0.25, 0.3) is 0 Å². The lowest BCUT2D eigenvalue weighted by atomic mass is 10.0. The van der Waals surface area contributed by atoms with Crippen LogP contribution in [0.1, 0.15) is 51.1 Å². The van der Waals surface area contributed by atoms with Gasteiger partial charge in [-0.1, -0.05) is 62.6 Å².